The molecule has 0 spiro atoms. The van der Waals surface area contributed by atoms with Crippen LogP contribution in [0.2, 0.25) is 0 Å². The molecule has 0 bridgehead atoms. The molecule has 1 aromatic rings. The van der Waals surface area contributed by atoms with E-state index in [1.165, 1.54) is 12.1 Å². The molecule has 0 saturated carbocycles. The predicted octanol–water partition coefficient (Wildman–Crippen LogP) is 3.10. The number of halogens is 2. The second-order valence-electron chi connectivity index (χ2n) is 5.63. The second-order valence-corrected chi connectivity index (χ2v) is 5.63. The highest BCUT2D eigenvalue weighted by Gasteiger charge is 2.25. The third-order valence-corrected chi connectivity index (χ3v) is 3.81. The van der Waals surface area contributed by atoms with Gasteiger partial charge in [-0.05, 0) is 37.4 Å². The maximum Gasteiger partial charge on any atom is 0.152 e. The first kappa shape index (κ1) is 14.3. The van der Waals surface area contributed by atoms with Crippen LogP contribution in [0.15, 0.2) is 12.1 Å². The first-order valence-electron chi connectivity index (χ1n) is 6.93. The Kier molecular flexibility index (Phi) is 4.40. The van der Waals surface area contributed by atoms with Crippen LogP contribution in [0.4, 0.5) is 14.5 Å². The molecule has 2 rings (SSSR count). The molecular weight excluding hydrogens is 246 g/mol. The van der Waals surface area contributed by atoms with Crippen LogP contribution in [0.5, 0.6) is 0 Å². The summed E-state index contributed by atoms with van der Waals surface area (Å²) < 4.78 is 28.2. The average Bonchev–Trinajstić information content (AvgIpc) is 2.60. The SMILES string of the molecule is Cc1ccc(F)c(N2CCCNC(C(C)C)C2)c1F. The molecule has 19 heavy (non-hydrogen) atoms. The molecule has 1 unspecified atom stereocenters. The van der Waals surface area contributed by atoms with E-state index < -0.39 is 11.6 Å². The van der Waals surface area contributed by atoms with Gasteiger partial charge in [-0.1, -0.05) is 19.9 Å². The summed E-state index contributed by atoms with van der Waals surface area (Å²) in [5.41, 5.74) is 0.629. The van der Waals surface area contributed by atoms with Gasteiger partial charge in [0.05, 0.1) is 0 Å². The van der Waals surface area contributed by atoms with Gasteiger partial charge in [0, 0.05) is 19.1 Å². The zero-order chi connectivity index (χ0) is 14.0. The third-order valence-electron chi connectivity index (χ3n) is 3.81. The van der Waals surface area contributed by atoms with Gasteiger partial charge in [0.2, 0.25) is 0 Å². The molecule has 1 atom stereocenters. The van der Waals surface area contributed by atoms with Gasteiger partial charge < -0.3 is 10.2 Å². The molecule has 0 amide bonds. The van der Waals surface area contributed by atoms with E-state index >= 15 is 0 Å². The number of hydrogen-bond acceptors (Lipinski definition) is 2. The van der Waals surface area contributed by atoms with Gasteiger partial charge in [-0.2, -0.15) is 0 Å². The summed E-state index contributed by atoms with van der Waals surface area (Å²) in [6.45, 7) is 8.17. The van der Waals surface area contributed by atoms with Crippen LogP contribution in [0.25, 0.3) is 0 Å². The third kappa shape index (κ3) is 3.06. The minimum Gasteiger partial charge on any atom is -0.365 e. The number of nitrogens with zero attached hydrogens (tertiary/aromatic N) is 1. The van der Waals surface area contributed by atoms with E-state index in [1.807, 2.05) is 4.90 Å². The van der Waals surface area contributed by atoms with Crippen molar-refractivity contribution in [2.24, 2.45) is 5.92 Å². The van der Waals surface area contributed by atoms with Crippen LogP contribution in [0, 0.1) is 24.5 Å². The Bertz CT molecular complexity index is 446. The quantitative estimate of drug-likeness (QED) is 0.886. The summed E-state index contributed by atoms with van der Waals surface area (Å²) >= 11 is 0. The molecule has 2 nitrogen and oxygen atoms in total. The highest BCUT2D eigenvalue weighted by atomic mass is 19.1. The normalized spacial score (nSPS) is 20.7. The summed E-state index contributed by atoms with van der Waals surface area (Å²) in [7, 11) is 0. The first-order valence-corrected chi connectivity index (χ1v) is 6.93. The molecule has 0 radical (unpaired) electrons. The molecule has 1 aliphatic heterocycles. The Morgan fingerprint density at radius 1 is 1.32 bits per heavy atom. The first-order chi connectivity index (χ1) is 9.00. The minimum atomic E-state index is -0.465. The lowest BCUT2D eigenvalue weighted by Crippen LogP contribution is -2.41. The number of nitrogens with one attached hydrogen (secondary N) is 1. The van der Waals surface area contributed by atoms with Crippen molar-refractivity contribution in [2.45, 2.75) is 33.2 Å². The van der Waals surface area contributed by atoms with E-state index in [9.17, 15) is 8.78 Å². The predicted molar refractivity (Wildman–Crippen MR) is 74.6 cm³/mol. The Hall–Kier alpha value is -1.16. The zero-order valence-corrected chi connectivity index (χ0v) is 11.8. The average molecular weight is 268 g/mol. The van der Waals surface area contributed by atoms with Crippen molar-refractivity contribution < 1.29 is 8.78 Å². The van der Waals surface area contributed by atoms with Crippen molar-refractivity contribution in [3.63, 3.8) is 0 Å². The standard InChI is InChI=1S/C15H22F2N2/c1-10(2)13-9-19(8-4-7-18-13)15-12(16)6-5-11(3)14(15)17/h5-6,10,13,18H,4,7-9H2,1-3H3. The number of aryl methyl sites for hydroxylation is 1. The lowest BCUT2D eigenvalue weighted by atomic mass is 10.0. The molecular formula is C15H22F2N2. The summed E-state index contributed by atoms with van der Waals surface area (Å²) in [6, 6.07) is 3.11. The van der Waals surface area contributed by atoms with Crippen LogP contribution in [-0.2, 0) is 0 Å². The number of benzene rings is 1. The summed E-state index contributed by atoms with van der Waals surface area (Å²) in [4.78, 5) is 1.85. The van der Waals surface area contributed by atoms with Gasteiger partial charge in [0.15, 0.2) is 5.82 Å². The fraction of sp³-hybridized carbons (Fsp3) is 0.600. The fourth-order valence-electron chi connectivity index (χ4n) is 2.53. The smallest absolute Gasteiger partial charge is 0.152 e. The van der Waals surface area contributed by atoms with E-state index in [2.05, 4.69) is 19.2 Å². The van der Waals surface area contributed by atoms with Gasteiger partial charge in [0.25, 0.3) is 0 Å². The molecule has 0 aliphatic carbocycles. The molecule has 1 N–H and O–H groups in total. The second kappa shape index (κ2) is 5.87. The van der Waals surface area contributed by atoms with Gasteiger partial charge in [-0.25, -0.2) is 8.78 Å². The van der Waals surface area contributed by atoms with Crippen molar-refractivity contribution >= 4 is 5.69 Å². The van der Waals surface area contributed by atoms with Crippen LogP contribution >= 0.6 is 0 Å². The molecule has 4 heteroatoms. The maximum atomic E-state index is 14.2. The van der Waals surface area contributed by atoms with E-state index in [0.29, 0.717) is 24.6 Å². The van der Waals surface area contributed by atoms with Gasteiger partial charge in [0.1, 0.15) is 11.5 Å². The van der Waals surface area contributed by atoms with Crippen LogP contribution < -0.4 is 10.2 Å². The molecule has 1 aromatic carbocycles. The molecule has 1 saturated heterocycles. The largest absolute Gasteiger partial charge is 0.365 e. The fourth-order valence-corrected chi connectivity index (χ4v) is 2.53. The van der Waals surface area contributed by atoms with Crippen molar-refractivity contribution in [2.75, 3.05) is 24.5 Å². The van der Waals surface area contributed by atoms with Crippen molar-refractivity contribution in [3.05, 3.63) is 29.3 Å². The van der Waals surface area contributed by atoms with E-state index in [4.69, 9.17) is 0 Å². The monoisotopic (exact) mass is 268 g/mol. The number of anilines is 1. The Labute approximate surface area is 113 Å². The van der Waals surface area contributed by atoms with Gasteiger partial charge in [-0.3, -0.25) is 0 Å². The van der Waals surface area contributed by atoms with Crippen molar-refractivity contribution in [3.8, 4) is 0 Å². The number of hydrogen-bond donors (Lipinski definition) is 1. The van der Waals surface area contributed by atoms with Gasteiger partial charge in [-0.15, -0.1) is 0 Å². The Morgan fingerprint density at radius 3 is 2.74 bits per heavy atom. The molecule has 0 aromatic heterocycles. The summed E-state index contributed by atoms with van der Waals surface area (Å²) in [5, 5.41) is 3.45. The van der Waals surface area contributed by atoms with E-state index in [0.717, 1.165) is 13.0 Å². The maximum absolute atomic E-state index is 14.2. The van der Waals surface area contributed by atoms with Gasteiger partial charge >= 0.3 is 0 Å². The lowest BCUT2D eigenvalue weighted by Gasteiger charge is -2.29. The zero-order valence-electron chi connectivity index (χ0n) is 11.8. The highest BCUT2D eigenvalue weighted by Crippen LogP contribution is 2.27. The van der Waals surface area contributed by atoms with E-state index in [1.54, 1.807) is 6.92 Å². The lowest BCUT2D eigenvalue weighted by molar-refractivity contribution is 0.418. The van der Waals surface area contributed by atoms with E-state index in [-0.39, 0.29) is 11.7 Å². The molecule has 1 heterocycles. The topological polar surface area (TPSA) is 15.3 Å². The van der Waals surface area contributed by atoms with Crippen LogP contribution in [-0.4, -0.2) is 25.7 Å². The summed E-state index contributed by atoms with van der Waals surface area (Å²) in [5.74, 6) is -0.451. The highest BCUT2D eigenvalue weighted by molar-refractivity contribution is 5.52. The molecule has 1 fully saturated rings. The van der Waals surface area contributed by atoms with Crippen LogP contribution in [0.3, 0.4) is 0 Å². The Balaban J connectivity index is 2.32. The molecule has 1 aliphatic rings. The molecule has 106 valence electrons. The Morgan fingerprint density at radius 2 is 2.05 bits per heavy atom. The van der Waals surface area contributed by atoms with Crippen molar-refractivity contribution in [1.82, 2.24) is 5.32 Å². The van der Waals surface area contributed by atoms with Crippen LogP contribution in [0.1, 0.15) is 25.8 Å². The summed E-state index contributed by atoms with van der Waals surface area (Å²) in [6.07, 6.45) is 0.899. The number of rotatable bonds is 2. The minimum absolute atomic E-state index is 0.134. The van der Waals surface area contributed by atoms with Crippen molar-refractivity contribution in [1.29, 1.82) is 0 Å².